The lowest BCUT2D eigenvalue weighted by Gasteiger charge is -2.02. The molecule has 5 N–H and O–H groups in total. The molecule has 130 valence electrons. The summed E-state index contributed by atoms with van der Waals surface area (Å²) in [7, 11) is -4.00. The van der Waals surface area contributed by atoms with Crippen LogP contribution in [0.3, 0.4) is 0 Å². The third-order valence-corrected chi connectivity index (χ3v) is 3.76. The van der Waals surface area contributed by atoms with Gasteiger partial charge in [0, 0.05) is 0 Å². The van der Waals surface area contributed by atoms with Crippen molar-refractivity contribution >= 4 is 27.6 Å². The average Bonchev–Trinajstić information content (AvgIpc) is 2.46. The number of hydrogen-bond donors (Lipinski definition) is 3. The van der Waals surface area contributed by atoms with E-state index in [2.05, 4.69) is 14.6 Å². The molecule has 24 heavy (non-hydrogen) atoms. The molecule has 0 unspecified atom stereocenters. The normalized spacial score (nSPS) is 12.6. The van der Waals surface area contributed by atoms with Crippen LogP contribution in [0.4, 0.5) is 5.69 Å². The number of benzene rings is 1. The minimum absolute atomic E-state index is 0.114. The molecule has 0 spiro atoms. The number of esters is 1. The van der Waals surface area contributed by atoms with Crippen LogP contribution >= 0.6 is 0 Å². The Morgan fingerprint density at radius 3 is 2.29 bits per heavy atom. The number of aliphatic hydroxyl groups excluding tert-OH is 1. The Kier molecular flexibility index (Phi) is 6.41. The first kappa shape index (κ1) is 19.1. The first-order chi connectivity index (χ1) is 11.2. The Balaban J connectivity index is 3.04. The van der Waals surface area contributed by atoms with E-state index in [1.54, 1.807) is 6.92 Å². The monoisotopic (exact) mass is 355 g/mol. The summed E-state index contributed by atoms with van der Waals surface area (Å²) in [5.41, 5.74) is 9.99. The number of azo groups is 1. The van der Waals surface area contributed by atoms with Crippen LogP contribution in [0.1, 0.15) is 13.8 Å². The van der Waals surface area contributed by atoms with Crippen molar-refractivity contribution in [2.75, 3.05) is 6.61 Å². The summed E-state index contributed by atoms with van der Waals surface area (Å²) in [6, 6.07) is 5.09. The van der Waals surface area contributed by atoms with Crippen LogP contribution in [-0.4, -0.2) is 32.1 Å². The Bertz CT molecular complexity index is 789. The number of ether oxygens (including phenoxy) is 1. The predicted octanol–water partition coefficient (Wildman–Crippen LogP) is 1.09. The minimum atomic E-state index is -4.00. The Morgan fingerprint density at radius 1 is 1.25 bits per heavy atom. The third kappa shape index (κ3) is 5.35. The standard InChI is InChI=1S/C13H17N5O5S/c1-3-23-12(20)11(8(2)19)17-16-9-4-6-10(7-5-9)24(21,22)18-13(14)15/h4-7,19H,3H2,1-2H3,(H4,14,15,18)/b11-8-,17-16?. The van der Waals surface area contributed by atoms with Crippen molar-refractivity contribution in [3.8, 4) is 0 Å². The van der Waals surface area contributed by atoms with Gasteiger partial charge in [-0.25, -0.2) is 4.79 Å². The van der Waals surface area contributed by atoms with Crippen LogP contribution in [0.15, 0.2) is 55.2 Å². The second-order valence-electron chi connectivity index (χ2n) is 4.34. The number of carbonyl (C=O) groups excluding carboxylic acids is 1. The maximum atomic E-state index is 11.8. The number of rotatable bonds is 6. The lowest BCUT2D eigenvalue weighted by Crippen LogP contribution is -2.24. The highest BCUT2D eigenvalue weighted by Gasteiger charge is 2.15. The van der Waals surface area contributed by atoms with Gasteiger partial charge in [-0.1, -0.05) is 0 Å². The molecule has 11 heteroatoms. The van der Waals surface area contributed by atoms with E-state index in [0.29, 0.717) is 0 Å². The molecule has 1 aromatic carbocycles. The van der Waals surface area contributed by atoms with Gasteiger partial charge in [0.1, 0.15) is 5.76 Å². The smallest absolute Gasteiger partial charge is 0.362 e. The molecule has 0 fully saturated rings. The van der Waals surface area contributed by atoms with E-state index in [0.717, 1.165) is 0 Å². The number of aliphatic hydroxyl groups is 1. The van der Waals surface area contributed by atoms with Gasteiger partial charge < -0.3 is 21.3 Å². The zero-order valence-corrected chi connectivity index (χ0v) is 13.8. The summed E-state index contributed by atoms with van der Waals surface area (Å²) in [6.45, 7) is 2.98. The van der Waals surface area contributed by atoms with Crippen molar-refractivity contribution in [2.24, 2.45) is 26.1 Å². The molecular weight excluding hydrogens is 338 g/mol. The molecule has 1 rings (SSSR count). The number of guanidine groups is 1. The Labute approximate surface area is 138 Å². The predicted molar refractivity (Wildman–Crippen MR) is 85.9 cm³/mol. The van der Waals surface area contributed by atoms with E-state index in [4.69, 9.17) is 16.2 Å². The fourth-order valence-electron chi connectivity index (χ4n) is 1.44. The largest absolute Gasteiger partial charge is 0.510 e. The minimum Gasteiger partial charge on any atom is -0.510 e. The van der Waals surface area contributed by atoms with Gasteiger partial charge in [0.05, 0.1) is 17.2 Å². The molecule has 1 aromatic rings. The van der Waals surface area contributed by atoms with E-state index < -0.39 is 22.0 Å². The molecule has 0 heterocycles. The van der Waals surface area contributed by atoms with Gasteiger partial charge in [0.2, 0.25) is 11.7 Å². The highest BCUT2D eigenvalue weighted by atomic mass is 32.2. The quantitative estimate of drug-likeness (QED) is 0.171. The second kappa shape index (κ2) is 8.06. The molecule has 0 aliphatic carbocycles. The number of nitrogens with zero attached hydrogens (tertiary/aromatic N) is 3. The van der Waals surface area contributed by atoms with Crippen molar-refractivity contribution in [3.05, 3.63) is 35.7 Å². The van der Waals surface area contributed by atoms with E-state index >= 15 is 0 Å². The number of sulfonamides is 1. The number of nitrogens with two attached hydrogens (primary N) is 2. The molecule has 10 nitrogen and oxygen atoms in total. The summed E-state index contributed by atoms with van der Waals surface area (Å²) in [4.78, 5) is 11.4. The zero-order chi connectivity index (χ0) is 18.3. The maximum Gasteiger partial charge on any atom is 0.362 e. The summed E-state index contributed by atoms with van der Waals surface area (Å²) in [5.74, 6) is -1.77. The first-order valence-electron chi connectivity index (χ1n) is 6.62. The van der Waals surface area contributed by atoms with Gasteiger partial charge >= 0.3 is 5.97 Å². The van der Waals surface area contributed by atoms with Crippen LogP contribution in [0.25, 0.3) is 0 Å². The molecule has 0 saturated heterocycles. The van der Waals surface area contributed by atoms with Crippen LogP contribution in [0, 0.1) is 0 Å². The van der Waals surface area contributed by atoms with Gasteiger partial charge in [0.25, 0.3) is 10.0 Å². The highest BCUT2D eigenvalue weighted by molar-refractivity contribution is 7.90. The van der Waals surface area contributed by atoms with E-state index in [1.165, 1.54) is 31.2 Å². The molecule has 0 aromatic heterocycles. The van der Waals surface area contributed by atoms with Crippen LogP contribution in [-0.2, 0) is 19.6 Å². The lowest BCUT2D eigenvalue weighted by atomic mass is 10.3. The molecule has 0 aliphatic rings. The van der Waals surface area contributed by atoms with Crippen molar-refractivity contribution in [3.63, 3.8) is 0 Å². The molecule has 0 atom stereocenters. The Hall–Kier alpha value is -2.95. The summed E-state index contributed by atoms with van der Waals surface area (Å²) < 4.78 is 31.4. The van der Waals surface area contributed by atoms with Crippen LogP contribution in [0.2, 0.25) is 0 Å². The zero-order valence-electron chi connectivity index (χ0n) is 13.0. The number of allylic oxidation sites excluding steroid dienone is 1. The van der Waals surface area contributed by atoms with Gasteiger partial charge in [0.15, 0.2) is 0 Å². The maximum absolute atomic E-state index is 11.8. The van der Waals surface area contributed by atoms with E-state index in [1.807, 2.05) is 0 Å². The van der Waals surface area contributed by atoms with Gasteiger partial charge in [-0.3, -0.25) is 0 Å². The Morgan fingerprint density at radius 2 is 1.83 bits per heavy atom. The van der Waals surface area contributed by atoms with Crippen molar-refractivity contribution in [1.82, 2.24) is 0 Å². The van der Waals surface area contributed by atoms with Gasteiger partial charge in [-0.15, -0.1) is 9.51 Å². The van der Waals surface area contributed by atoms with Gasteiger partial charge in [-0.2, -0.15) is 13.5 Å². The first-order valence-corrected chi connectivity index (χ1v) is 8.06. The summed E-state index contributed by atoms with van der Waals surface area (Å²) >= 11 is 0. The SMILES string of the molecule is CCOC(=O)/C(N=Nc1ccc(S(=O)(=O)N=C(N)N)cc1)=C(\C)O. The average molecular weight is 355 g/mol. The van der Waals surface area contributed by atoms with E-state index in [-0.39, 0.29) is 28.6 Å². The molecule has 0 radical (unpaired) electrons. The molecule has 0 aliphatic heterocycles. The topological polar surface area (TPSA) is 170 Å². The molecule has 0 bridgehead atoms. The van der Waals surface area contributed by atoms with Gasteiger partial charge in [-0.05, 0) is 38.1 Å². The third-order valence-electron chi connectivity index (χ3n) is 2.44. The summed E-state index contributed by atoms with van der Waals surface area (Å²) in [5, 5.41) is 16.8. The number of carbonyl (C=O) groups is 1. The molecular formula is C13H17N5O5S. The molecule has 0 amide bonds. The van der Waals surface area contributed by atoms with Crippen molar-refractivity contribution < 1.29 is 23.1 Å². The number of hydrogen-bond acceptors (Lipinski definition) is 7. The fraction of sp³-hybridized carbons (Fsp3) is 0.231. The highest BCUT2D eigenvalue weighted by Crippen LogP contribution is 2.20. The fourth-order valence-corrected chi connectivity index (χ4v) is 2.31. The molecule has 0 saturated carbocycles. The van der Waals surface area contributed by atoms with E-state index in [9.17, 15) is 18.3 Å². The van der Waals surface area contributed by atoms with Crippen LogP contribution in [0.5, 0.6) is 0 Å². The van der Waals surface area contributed by atoms with Crippen molar-refractivity contribution in [2.45, 2.75) is 18.7 Å². The summed E-state index contributed by atoms with van der Waals surface area (Å²) in [6.07, 6.45) is 0. The lowest BCUT2D eigenvalue weighted by molar-refractivity contribution is -0.138. The van der Waals surface area contributed by atoms with Crippen LogP contribution < -0.4 is 11.5 Å². The second-order valence-corrected chi connectivity index (χ2v) is 5.94. The van der Waals surface area contributed by atoms with Crippen molar-refractivity contribution in [1.29, 1.82) is 0 Å².